The van der Waals surface area contributed by atoms with Crippen LogP contribution in [0.25, 0.3) is 16.7 Å². The number of anilines is 1. The van der Waals surface area contributed by atoms with E-state index in [2.05, 4.69) is 20.1 Å². The summed E-state index contributed by atoms with van der Waals surface area (Å²) in [7, 11) is 3.62. The summed E-state index contributed by atoms with van der Waals surface area (Å²) in [4.78, 5) is 26.2. The van der Waals surface area contributed by atoms with E-state index in [-0.39, 0.29) is 5.56 Å². The third-order valence-corrected chi connectivity index (χ3v) is 4.85. The molecule has 1 aromatic carbocycles. The summed E-state index contributed by atoms with van der Waals surface area (Å²) < 4.78 is 1.53. The average molecular weight is 415 g/mol. The highest BCUT2D eigenvalue weighted by molar-refractivity contribution is 6.37. The fraction of sp³-hybridized carbons (Fsp3) is 0.158. The Hall–Kier alpha value is -2.90. The van der Waals surface area contributed by atoms with Crippen molar-refractivity contribution in [1.82, 2.24) is 24.7 Å². The van der Waals surface area contributed by atoms with Crippen LogP contribution in [-0.2, 0) is 6.42 Å². The molecule has 142 valence electrons. The summed E-state index contributed by atoms with van der Waals surface area (Å²) in [6.07, 6.45) is 3.86. The number of nitrogens with zero attached hydrogens (tertiary/aromatic N) is 5. The highest BCUT2D eigenvalue weighted by Crippen LogP contribution is 2.32. The summed E-state index contributed by atoms with van der Waals surface area (Å²) in [5.41, 5.74) is 1.53. The minimum Gasteiger partial charge on any atom is -0.361 e. The molecule has 28 heavy (non-hydrogen) atoms. The molecule has 0 radical (unpaired) electrons. The zero-order valence-electron chi connectivity index (χ0n) is 15.1. The Kier molecular flexibility index (Phi) is 4.78. The SMILES string of the molecule is CN(C)c1nn(-c2c(Cl)cccc2Cl)c2nc(Cc3cccnc3)[nH]c(=O)c12. The van der Waals surface area contributed by atoms with Crippen molar-refractivity contribution >= 4 is 40.1 Å². The van der Waals surface area contributed by atoms with E-state index >= 15 is 0 Å². The number of nitrogens with one attached hydrogen (secondary N) is 1. The van der Waals surface area contributed by atoms with Crippen molar-refractivity contribution in [3.63, 3.8) is 0 Å². The first-order chi connectivity index (χ1) is 13.5. The molecule has 0 fully saturated rings. The van der Waals surface area contributed by atoms with E-state index in [1.54, 1.807) is 35.5 Å². The number of pyridine rings is 1. The van der Waals surface area contributed by atoms with E-state index in [0.29, 0.717) is 44.8 Å². The summed E-state index contributed by atoms with van der Waals surface area (Å²) in [5.74, 6) is 0.979. The maximum atomic E-state index is 12.9. The van der Waals surface area contributed by atoms with Gasteiger partial charge in [0.15, 0.2) is 11.5 Å². The standard InChI is InChI=1S/C19H16Cl2N6O/c1-26(2)18-15-17(27(25-18)16-12(20)6-3-7-13(16)21)23-14(24-19(15)28)9-11-5-4-8-22-10-11/h3-8,10H,9H2,1-2H3,(H,23,24,28). The van der Waals surface area contributed by atoms with E-state index in [9.17, 15) is 4.79 Å². The number of aromatic amines is 1. The van der Waals surface area contributed by atoms with Crippen molar-refractivity contribution in [1.29, 1.82) is 0 Å². The lowest BCUT2D eigenvalue weighted by atomic mass is 10.2. The zero-order valence-corrected chi connectivity index (χ0v) is 16.7. The van der Waals surface area contributed by atoms with E-state index in [4.69, 9.17) is 23.2 Å². The third kappa shape index (κ3) is 3.23. The number of fused-ring (bicyclic) bond motifs is 1. The van der Waals surface area contributed by atoms with Gasteiger partial charge in [-0.3, -0.25) is 9.78 Å². The van der Waals surface area contributed by atoms with Gasteiger partial charge in [-0.15, -0.1) is 5.10 Å². The van der Waals surface area contributed by atoms with Gasteiger partial charge in [0.1, 0.15) is 16.9 Å². The highest BCUT2D eigenvalue weighted by atomic mass is 35.5. The molecule has 0 atom stereocenters. The zero-order chi connectivity index (χ0) is 19.8. The Morgan fingerprint density at radius 3 is 2.54 bits per heavy atom. The van der Waals surface area contributed by atoms with Crippen molar-refractivity contribution in [2.24, 2.45) is 0 Å². The lowest BCUT2D eigenvalue weighted by molar-refractivity contribution is 0.868. The largest absolute Gasteiger partial charge is 0.361 e. The summed E-state index contributed by atoms with van der Waals surface area (Å²) in [6, 6.07) is 8.94. The molecule has 4 aromatic rings. The van der Waals surface area contributed by atoms with Gasteiger partial charge in [-0.25, -0.2) is 9.67 Å². The molecule has 0 saturated heterocycles. The van der Waals surface area contributed by atoms with Gasteiger partial charge in [-0.2, -0.15) is 0 Å². The normalized spacial score (nSPS) is 11.1. The van der Waals surface area contributed by atoms with Gasteiger partial charge in [0.2, 0.25) is 0 Å². The van der Waals surface area contributed by atoms with Crippen LogP contribution >= 0.6 is 23.2 Å². The first-order valence-corrected chi connectivity index (χ1v) is 9.24. The number of benzene rings is 1. The molecule has 0 spiro atoms. The number of H-pyrrole nitrogens is 1. The molecule has 0 saturated carbocycles. The Bertz CT molecular complexity index is 1200. The number of aromatic nitrogens is 5. The van der Waals surface area contributed by atoms with Crippen molar-refractivity contribution in [3.05, 3.63) is 74.5 Å². The smallest absolute Gasteiger partial charge is 0.264 e. The van der Waals surface area contributed by atoms with Crippen LogP contribution < -0.4 is 10.5 Å². The molecule has 3 heterocycles. The molecule has 0 aliphatic heterocycles. The average Bonchev–Trinajstić information content (AvgIpc) is 3.03. The monoisotopic (exact) mass is 414 g/mol. The number of para-hydroxylation sites is 1. The van der Waals surface area contributed by atoms with E-state index < -0.39 is 0 Å². The Morgan fingerprint density at radius 1 is 1.14 bits per heavy atom. The molecule has 0 aliphatic rings. The Morgan fingerprint density at radius 2 is 1.89 bits per heavy atom. The molecular formula is C19H16Cl2N6O. The van der Waals surface area contributed by atoms with Gasteiger partial charge in [-0.05, 0) is 23.8 Å². The first-order valence-electron chi connectivity index (χ1n) is 8.48. The molecule has 0 aliphatic carbocycles. The van der Waals surface area contributed by atoms with Crippen LogP contribution in [0.4, 0.5) is 5.82 Å². The lowest BCUT2D eigenvalue weighted by Gasteiger charge is -2.09. The van der Waals surface area contributed by atoms with Crippen LogP contribution in [0.2, 0.25) is 10.0 Å². The predicted octanol–water partition coefficient (Wildman–Crippen LogP) is 3.47. The van der Waals surface area contributed by atoms with Crippen LogP contribution in [0, 0.1) is 0 Å². The Balaban J connectivity index is 1.98. The number of hydrogen-bond donors (Lipinski definition) is 1. The first kappa shape index (κ1) is 18.5. The highest BCUT2D eigenvalue weighted by Gasteiger charge is 2.22. The van der Waals surface area contributed by atoms with E-state index in [0.717, 1.165) is 5.56 Å². The lowest BCUT2D eigenvalue weighted by Crippen LogP contribution is -2.16. The van der Waals surface area contributed by atoms with Crippen molar-refractivity contribution in [2.75, 3.05) is 19.0 Å². The Labute approximate surface area is 170 Å². The van der Waals surface area contributed by atoms with Gasteiger partial charge in [0.25, 0.3) is 5.56 Å². The van der Waals surface area contributed by atoms with Gasteiger partial charge in [0, 0.05) is 32.9 Å². The molecule has 0 amide bonds. The second kappa shape index (κ2) is 7.26. The molecule has 1 N–H and O–H groups in total. The minimum absolute atomic E-state index is 0.276. The topological polar surface area (TPSA) is 79.7 Å². The van der Waals surface area contributed by atoms with Crippen LogP contribution in [-0.4, -0.2) is 38.8 Å². The second-order valence-corrected chi connectivity index (χ2v) is 7.26. The van der Waals surface area contributed by atoms with Crippen molar-refractivity contribution < 1.29 is 0 Å². The molecule has 7 nitrogen and oxygen atoms in total. The predicted molar refractivity (Wildman–Crippen MR) is 111 cm³/mol. The van der Waals surface area contributed by atoms with Gasteiger partial charge < -0.3 is 9.88 Å². The second-order valence-electron chi connectivity index (χ2n) is 6.45. The minimum atomic E-state index is -0.276. The summed E-state index contributed by atoms with van der Waals surface area (Å²) >= 11 is 12.8. The molecule has 4 rings (SSSR count). The quantitative estimate of drug-likeness (QED) is 0.552. The number of hydrogen-bond acceptors (Lipinski definition) is 5. The summed E-state index contributed by atoms with van der Waals surface area (Å²) in [6.45, 7) is 0. The number of rotatable bonds is 4. The van der Waals surface area contributed by atoms with Gasteiger partial charge in [0.05, 0.1) is 10.0 Å². The fourth-order valence-corrected chi connectivity index (χ4v) is 3.55. The van der Waals surface area contributed by atoms with E-state index in [1.807, 2.05) is 26.2 Å². The van der Waals surface area contributed by atoms with Crippen molar-refractivity contribution in [3.8, 4) is 5.69 Å². The van der Waals surface area contributed by atoms with Gasteiger partial charge in [-0.1, -0.05) is 35.3 Å². The molecular weight excluding hydrogens is 399 g/mol. The van der Waals surface area contributed by atoms with Crippen molar-refractivity contribution in [2.45, 2.75) is 6.42 Å². The molecule has 0 unspecified atom stereocenters. The third-order valence-electron chi connectivity index (χ3n) is 4.24. The fourth-order valence-electron chi connectivity index (χ4n) is 2.99. The maximum absolute atomic E-state index is 12.9. The van der Waals surface area contributed by atoms with E-state index in [1.165, 1.54) is 4.68 Å². The van der Waals surface area contributed by atoms with Crippen LogP contribution in [0.3, 0.4) is 0 Å². The maximum Gasteiger partial charge on any atom is 0.264 e. The van der Waals surface area contributed by atoms with Gasteiger partial charge >= 0.3 is 0 Å². The molecule has 0 bridgehead atoms. The molecule has 3 aromatic heterocycles. The van der Waals surface area contributed by atoms with Crippen LogP contribution in [0.5, 0.6) is 0 Å². The van der Waals surface area contributed by atoms with Crippen LogP contribution in [0.15, 0.2) is 47.5 Å². The number of halogens is 2. The summed E-state index contributed by atoms with van der Waals surface area (Å²) in [5, 5.41) is 5.77. The molecule has 9 heteroatoms. The van der Waals surface area contributed by atoms with Crippen LogP contribution in [0.1, 0.15) is 11.4 Å².